The molecule has 0 saturated heterocycles. The minimum atomic E-state index is -0.149. The zero-order valence-electron chi connectivity index (χ0n) is 17.8. The maximum absolute atomic E-state index is 6.53. The number of rotatable bonds is 3. The molecule has 3 atom stereocenters. The lowest BCUT2D eigenvalue weighted by molar-refractivity contribution is 0.396. The molecule has 1 aliphatic carbocycles. The summed E-state index contributed by atoms with van der Waals surface area (Å²) >= 11 is 2.42. The van der Waals surface area contributed by atoms with E-state index in [1.807, 2.05) is 30.6 Å². The molecule has 3 unspecified atom stereocenters. The van der Waals surface area contributed by atoms with E-state index in [0.717, 1.165) is 66.2 Å². The first kappa shape index (κ1) is 21.4. The van der Waals surface area contributed by atoms with Crippen molar-refractivity contribution in [2.24, 2.45) is 15.9 Å². The van der Waals surface area contributed by atoms with Gasteiger partial charge in [-0.2, -0.15) is 5.10 Å². The molecule has 32 heavy (non-hydrogen) atoms. The van der Waals surface area contributed by atoms with E-state index in [1.165, 1.54) is 0 Å². The number of aromatic nitrogens is 2. The summed E-state index contributed by atoms with van der Waals surface area (Å²) in [7, 11) is 6.53. The summed E-state index contributed by atoms with van der Waals surface area (Å²) < 4.78 is -0.149. The zero-order valence-corrected chi connectivity index (χ0v) is 20.0. The Bertz CT molecular complexity index is 1110. The Morgan fingerprint density at radius 3 is 2.53 bits per heavy atom. The quantitative estimate of drug-likeness (QED) is 0.262. The molecular formula is C25H25BIN5. The van der Waals surface area contributed by atoms with Crippen molar-refractivity contribution in [3.63, 3.8) is 0 Å². The van der Waals surface area contributed by atoms with Crippen LogP contribution in [0.3, 0.4) is 0 Å². The Morgan fingerprint density at radius 2 is 1.78 bits per heavy atom. The van der Waals surface area contributed by atoms with Crippen molar-refractivity contribution in [1.29, 1.82) is 0 Å². The standard InChI is InChI=1S/C25H25BIN5/c26-25(27)13-4-7-22-21(12-14-25)24(32-23(31-22)18-5-2-1-3-6-18)30-20-10-8-17(9-11-20)19-15-28-29-16-19/h1-3,5-6,8-11,15-16,21-22H,4,7,12-14H2,(H,28,29)(H,30,31,32). The van der Waals surface area contributed by atoms with Gasteiger partial charge in [0.15, 0.2) is 5.84 Å². The maximum Gasteiger partial charge on any atom is 0.156 e. The van der Waals surface area contributed by atoms with Crippen molar-refractivity contribution in [3.05, 3.63) is 72.6 Å². The van der Waals surface area contributed by atoms with E-state index >= 15 is 0 Å². The first-order chi connectivity index (χ1) is 15.6. The second kappa shape index (κ2) is 9.21. The van der Waals surface area contributed by atoms with E-state index < -0.39 is 0 Å². The topological polar surface area (TPSA) is 65.4 Å². The number of amidine groups is 2. The third kappa shape index (κ3) is 4.82. The van der Waals surface area contributed by atoms with Crippen LogP contribution in [0.1, 0.15) is 37.7 Å². The lowest BCUT2D eigenvalue weighted by atomic mass is 9.73. The van der Waals surface area contributed by atoms with Crippen molar-refractivity contribution in [2.75, 3.05) is 5.32 Å². The van der Waals surface area contributed by atoms with Crippen LogP contribution in [0.2, 0.25) is 0 Å². The molecule has 0 spiro atoms. The number of fused-ring (bicyclic) bond motifs is 1. The average Bonchev–Trinajstić information content (AvgIpc) is 3.33. The first-order valence-electron chi connectivity index (χ1n) is 11.1. The Labute approximate surface area is 203 Å². The summed E-state index contributed by atoms with van der Waals surface area (Å²) in [5.41, 5.74) is 4.29. The van der Waals surface area contributed by atoms with Crippen molar-refractivity contribution in [1.82, 2.24) is 10.2 Å². The van der Waals surface area contributed by atoms with Crippen molar-refractivity contribution in [3.8, 4) is 11.1 Å². The van der Waals surface area contributed by atoms with Gasteiger partial charge in [0.25, 0.3) is 0 Å². The van der Waals surface area contributed by atoms with Gasteiger partial charge in [0.05, 0.1) is 20.1 Å². The van der Waals surface area contributed by atoms with Gasteiger partial charge in [-0.1, -0.05) is 71.5 Å². The number of nitrogens with one attached hydrogen (secondary N) is 2. The number of aliphatic imine (C=N–C) groups is 2. The minimum Gasteiger partial charge on any atom is -0.343 e. The van der Waals surface area contributed by atoms with Gasteiger partial charge in [-0.25, -0.2) is 4.99 Å². The third-order valence-electron chi connectivity index (χ3n) is 6.31. The molecule has 2 heterocycles. The summed E-state index contributed by atoms with van der Waals surface area (Å²) in [5, 5.41) is 10.5. The molecule has 160 valence electrons. The highest BCUT2D eigenvalue weighted by atomic mass is 127. The molecular weight excluding hydrogens is 508 g/mol. The number of aromatic amines is 1. The normalized spacial score (nSPS) is 25.7. The highest BCUT2D eigenvalue weighted by Crippen LogP contribution is 2.37. The predicted molar refractivity (Wildman–Crippen MR) is 141 cm³/mol. The maximum atomic E-state index is 6.53. The Kier molecular flexibility index (Phi) is 6.17. The van der Waals surface area contributed by atoms with E-state index in [1.54, 1.807) is 0 Å². The van der Waals surface area contributed by atoms with E-state index in [0.29, 0.717) is 0 Å². The van der Waals surface area contributed by atoms with Crippen LogP contribution < -0.4 is 5.32 Å². The Hall–Kier alpha value is -2.42. The fourth-order valence-corrected chi connectivity index (χ4v) is 5.22. The molecule has 5 rings (SSSR count). The number of halogens is 1. The van der Waals surface area contributed by atoms with Crippen LogP contribution >= 0.6 is 22.6 Å². The molecule has 7 heteroatoms. The summed E-state index contributed by atoms with van der Waals surface area (Å²) in [6, 6.07) is 18.9. The van der Waals surface area contributed by atoms with E-state index in [-0.39, 0.29) is 15.3 Å². The SMILES string of the molecule is [B]C1(I)CCCC2N=C(c3ccccc3)N=C(Nc3ccc(-c4cn[nH]c4)cc3)C2CC1. The van der Waals surface area contributed by atoms with Crippen molar-refractivity contribution >= 4 is 47.8 Å². The number of alkyl halides is 1. The molecule has 5 nitrogen and oxygen atoms in total. The summed E-state index contributed by atoms with van der Waals surface area (Å²) in [4.78, 5) is 10.1. The van der Waals surface area contributed by atoms with Crippen LogP contribution in [0.5, 0.6) is 0 Å². The number of benzene rings is 2. The molecule has 2 N–H and O–H groups in total. The highest BCUT2D eigenvalue weighted by Gasteiger charge is 2.35. The third-order valence-corrected chi connectivity index (χ3v) is 7.39. The largest absolute Gasteiger partial charge is 0.343 e. The van der Waals surface area contributed by atoms with Gasteiger partial charge in [-0.05, 0) is 46.7 Å². The molecule has 1 aliphatic heterocycles. The first-order valence-corrected chi connectivity index (χ1v) is 12.2. The van der Waals surface area contributed by atoms with Crippen LogP contribution in [0.4, 0.5) is 5.69 Å². The van der Waals surface area contributed by atoms with Gasteiger partial charge >= 0.3 is 0 Å². The average molecular weight is 533 g/mol. The molecule has 1 aromatic heterocycles. The fraction of sp³-hybridized carbons (Fsp3) is 0.320. The molecule has 1 fully saturated rings. The van der Waals surface area contributed by atoms with Gasteiger partial charge in [0.1, 0.15) is 5.84 Å². The molecule has 1 saturated carbocycles. The molecule has 2 radical (unpaired) electrons. The smallest absolute Gasteiger partial charge is 0.156 e. The lowest BCUT2D eigenvalue weighted by Crippen LogP contribution is -2.40. The summed E-state index contributed by atoms with van der Waals surface area (Å²) in [5.74, 6) is 2.06. The minimum absolute atomic E-state index is 0.149. The van der Waals surface area contributed by atoms with Gasteiger partial charge in [0.2, 0.25) is 0 Å². The van der Waals surface area contributed by atoms with Crippen molar-refractivity contribution < 1.29 is 0 Å². The van der Waals surface area contributed by atoms with E-state index in [2.05, 4.69) is 74.5 Å². The van der Waals surface area contributed by atoms with Crippen LogP contribution in [-0.4, -0.2) is 39.1 Å². The Balaban J connectivity index is 1.45. The molecule has 0 bridgehead atoms. The van der Waals surface area contributed by atoms with E-state index in [4.69, 9.17) is 17.8 Å². The fourth-order valence-electron chi connectivity index (χ4n) is 4.53. The number of anilines is 1. The van der Waals surface area contributed by atoms with E-state index in [9.17, 15) is 0 Å². The molecule has 2 aliphatic rings. The predicted octanol–water partition coefficient (Wildman–Crippen LogP) is 5.60. The summed E-state index contributed by atoms with van der Waals surface area (Å²) in [6.07, 6.45) is 8.82. The number of hydrogen-bond acceptors (Lipinski definition) is 4. The Morgan fingerprint density at radius 1 is 0.969 bits per heavy atom. The second-order valence-corrected chi connectivity index (χ2v) is 10.8. The van der Waals surface area contributed by atoms with Crippen molar-refractivity contribution in [2.45, 2.75) is 41.5 Å². The van der Waals surface area contributed by atoms with Crippen LogP contribution in [0.25, 0.3) is 11.1 Å². The van der Waals surface area contributed by atoms with Crippen LogP contribution in [0, 0.1) is 5.92 Å². The lowest BCUT2D eigenvalue weighted by Gasteiger charge is -2.36. The molecule has 2 aromatic carbocycles. The number of nitrogens with zero attached hydrogens (tertiary/aromatic N) is 3. The number of H-pyrrole nitrogens is 1. The van der Waals surface area contributed by atoms with Gasteiger partial charge in [0, 0.05) is 28.9 Å². The molecule has 3 aromatic rings. The van der Waals surface area contributed by atoms with Gasteiger partial charge < -0.3 is 5.32 Å². The van der Waals surface area contributed by atoms with Crippen LogP contribution in [-0.2, 0) is 0 Å². The van der Waals surface area contributed by atoms with Gasteiger partial charge in [-0.15, -0.1) is 0 Å². The zero-order chi connectivity index (χ0) is 22.0. The number of hydrogen-bond donors (Lipinski definition) is 2. The van der Waals surface area contributed by atoms with Gasteiger partial charge in [-0.3, -0.25) is 10.1 Å². The summed E-state index contributed by atoms with van der Waals surface area (Å²) in [6.45, 7) is 0. The monoisotopic (exact) mass is 533 g/mol. The molecule has 0 amide bonds. The second-order valence-electron chi connectivity index (χ2n) is 8.64. The highest BCUT2D eigenvalue weighted by molar-refractivity contribution is 14.1. The van der Waals surface area contributed by atoms with Crippen LogP contribution in [0.15, 0.2) is 77.0 Å².